The van der Waals surface area contributed by atoms with E-state index in [0.29, 0.717) is 6.42 Å². The summed E-state index contributed by atoms with van der Waals surface area (Å²) < 4.78 is 24.6. The number of hydrogen-bond acceptors (Lipinski definition) is 3. The molecular formula is C16H19NO2S. The molecule has 1 saturated heterocycles. The number of sulfone groups is 1. The van der Waals surface area contributed by atoms with Crippen molar-refractivity contribution in [2.24, 2.45) is 0 Å². The third-order valence-electron chi connectivity index (χ3n) is 4.15. The van der Waals surface area contributed by atoms with Gasteiger partial charge in [0.15, 0.2) is 9.84 Å². The van der Waals surface area contributed by atoms with Crippen molar-refractivity contribution in [3.63, 3.8) is 0 Å². The normalized spacial score (nSPS) is 26.2. The third-order valence-corrected chi connectivity index (χ3v) is 6.41. The lowest BCUT2D eigenvalue weighted by Gasteiger charge is -2.18. The van der Waals surface area contributed by atoms with Crippen molar-refractivity contribution in [3.8, 4) is 0 Å². The van der Waals surface area contributed by atoms with E-state index in [9.17, 15) is 8.42 Å². The van der Waals surface area contributed by atoms with Gasteiger partial charge in [0.25, 0.3) is 0 Å². The van der Waals surface area contributed by atoms with Gasteiger partial charge in [0.1, 0.15) is 0 Å². The van der Waals surface area contributed by atoms with E-state index in [-0.39, 0.29) is 17.0 Å². The van der Waals surface area contributed by atoms with Crippen LogP contribution in [-0.4, -0.2) is 26.0 Å². The zero-order chi connectivity index (χ0) is 14.2. The van der Waals surface area contributed by atoms with Crippen LogP contribution < -0.4 is 5.32 Å². The first kappa shape index (κ1) is 13.6. The summed E-state index contributed by atoms with van der Waals surface area (Å²) in [5, 5.41) is 5.43. The summed E-state index contributed by atoms with van der Waals surface area (Å²) in [6.07, 6.45) is 0.684. The van der Waals surface area contributed by atoms with Crippen LogP contribution in [0.4, 0.5) is 0 Å². The van der Waals surface area contributed by atoms with Crippen LogP contribution in [0.15, 0.2) is 42.5 Å². The number of benzene rings is 2. The predicted octanol–water partition coefficient (Wildman–Crippen LogP) is 2.68. The van der Waals surface area contributed by atoms with Crippen molar-refractivity contribution in [2.45, 2.75) is 24.6 Å². The van der Waals surface area contributed by atoms with Gasteiger partial charge in [0.05, 0.1) is 11.0 Å². The van der Waals surface area contributed by atoms with Crippen LogP contribution in [0.2, 0.25) is 0 Å². The lowest BCUT2D eigenvalue weighted by molar-refractivity contribution is 0.574. The molecule has 20 heavy (non-hydrogen) atoms. The largest absolute Gasteiger partial charge is 0.309 e. The third kappa shape index (κ3) is 2.45. The maximum atomic E-state index is 12.3. The molecule has 4 heteroatoms. The fourth-order valence-electron chi connectivity index (χ4n) is 2.85. The molecule has 0 bridgehead atoms. The maximum Gasteiger partial charge on any atom is 0.154 e. The second-order valence-electron chi connectivity index (χ2n) is 5.50. The molecule has 2 aromatic carbocycles. The molecule has 1 aliphatic heterocycles. The topological polar surface area (TPSA) is 46.2 Å². The van der Waals surface area contributed by atoms with Gasteiger partial charge in [-0.2, -0.15) is 0 Å². The van der Waals surface area contributed by atoms with E-state index in [1.807, 2.05) is 31.2 Å². The molecule has 0 aliphatic carbocycles. The molecule has 0 aromatic heterocycles. The zero-order valence-electron chi connectivity index (χ0n) is 11.5. The first-order valence-electron chi connectivity index (χ1n) is 7.00. The number of hydrogen-bond donors (Lipinski definition) is 1. The fourth-order valence-corrected chi connectivity index (χ4v) is 4.42. The average molecular weight is 289 g/mol. The highest BCUT2D eigenvalue weighted by Crippen LogP contribution is 2.28. The molecule has 2 atom stereocenters. The van der Waals surface area contributed by atoms with Gasteiger partial charge < -0.3 is 5.32 Å². The summed E-state index contributed by atoms with van der Waals surface area (Å²) in [7, 11) is -3.03. The lowest BCUT2D eigenvalue weighted by atomic mass is 9.99. The van der Waals surface area contributed by atoms with Crippen LogP contribution in [0, 0.1) is 0 Å². The van der Waals surface area contributed by atoms with Crippen LogP contribution in [-0.2, 0) is 9.84 Å². The average Bonchev–Trinajstić information content (AvgIpc) is 2.57. The molecule has 0 amide bonds. The van der Waals surface area contributed by atoms with Crippen molar-refractivity contribution in [2.75, 3.05) is 12.3 Å². The Morgan fingerprint density at radius 3 is 2.70 bits per heavy atom. The first-order chi connectivity index (χ1) is 9.58. The van der Waals surface area contributed by atoms with Gasteiger partial charge in [-0.3, -0.25) is 0 Å². The standard InChI is InChI=1S/C16H19NO2S/c1-12-9-10-17-16(11-20(12,18)19)15-8-4-6-13-5-2-3-7-14(13)15/h2-8,12,16-17H,9-11H2,1H3. The summed E-state index contributed by atoms with van der Waals surface area (Å²) in [5.41, 5.74) is 1.08. The van der Waals surface area contributed by atoms with Crippen molar-refractivity contribution < 1.29 is 8.42 Å². The summed E-state index contributed by atoms with van der Waals surface area (Å²) in [6.45, 7) is 2.55. The number of fused-ring (bicyclic) bond motifs is 1. The molecule has 3 nitrogen and oxygen atoms in total. The molecule has 0 spiro atoms. The van der Waals surface area contributed by atoms with Crippen LogP contribution in [0.1, 0.15) is 24.9 Å². The fraction of sp³-hybridized carbons (Fsp3) is 0.375. The Balaban J connectivity index is 2.07. The predicted molar refractivity (Wildman–Crippen MR) is 82.6 cm³/mol. The van der Waals surface area contributed by atoms with Gasteiger partial charge in [0.2, 0.25) is 0 Å². The van der Waals surface area contributed by atoms with Crippen molar-refractivity contribution in [3.05, 3.63) is 48.0 Å². The van der Waals surface area contributed by atoms with Crippen molar-refractivity contribution in [1.29, 1.82) is 0 Å². The Morgan fingerprint density at radius 2 is 1.85 bits per heavy atom. The maximum absolute atomic E-state index is 12.3. The van der Waals surface area contributed by atoms with E-state index in [1.54, 1.807) is 0 Å². The highest BCUT2D eigenvalue weighted by Gasteiger charge is 2.29. The Hall–Kier alpha value is -1.39. The number of rotatable bonds is 1. The Morgan fingerprint density at radius 1 is 1.10 bits per heavy atom. The summed E-state index contributed by atoms with van der Waals surface area (Å²) in [5.74, 6) is 0.183. The smallest absolute Gasteiger partial charge is 0.154 e. The molecule has 0 radical (unpaired) electrons. The summed E-state index contributed by atoms with van der Waals surface area (Å²) in [6, 6.07) is 14.1. The molecule has 1 heterocycles. The minimum atomic E-state index is -3.03. The van der Waals surface area contributed by atoms with Crippen molar-refractivity contribution in [1.82, 2.24) is 5.32 Å². The van der Waals surface area contributed by atoms with Gasteiger partial charge in [0, 0.05) is 6.04 Å². The Labute approximate surface area is 119 Å². The SMILES string of the molecule is CC1CCNC(c2cccc3ccccc23)CS1(=O)=O. The molecular weight excluding hydrogens is 270 g/mol. The second-order valence-corrected chi connectivity index (χ2v) is 7.97. The van der Waals surface area contributed by atoms with Gasteiger partial charge in [-0.15, -0.1) is 0 Å². The molecule has 3 rings (SSSR count). The van der Waals surface area contributed by atoms with Gasteiger partial charge in [-0.05, 0) is 36.2 Å². The summed E-state index contributed by atoms with van der Waals surface area (Å²) >= 11 is 0. The van der Waals surface area contributed by atoms with Gasteiger partial charge >= 0.3 is 0 Å². The van der Waals surface area contributed by atoms with E-state index < -0.39 is 9.84 Å². The highest BCUT2D eigenvalue weighted by atomic mass is 32.2. The molecule has 0 saturated carbocycles. The van der Waals surface area contributed by atoms with Crippen molar-refractivity contribution >= 4 is 20.6 Å². The second kappa shape index (κ2) is 5.19. The molecule has 106 valence electrons. The quantitative estimate of drug-likeness (QED) is 0.878. The van der Waals surface area contributed by atoms with E-state index >= 15 is 0 Å². The van der Waals surface area contributed by atoms with Gasteiger partial charge in [-0.1, -0.05) is 42.5 Å². The summed E-state index contributed by atoms with van der Waals surface area (Å²) in [4.78, 5) is 0. The Kier molecular flexibility index (Phi) is 3.52. The molecule has 2 aromatic rings. The van der Waals surface area contributed by atoms with Crippen LogP contribution in [0.25, 0.3) is 10.8 Å². The lowest BCUT2D eigenvalue weighted by Crippen LogP contribution is -2.26. The van der Waals surface area contributed by atoms with E-state index in [2.05, 4.69) is 23.5 Å². The Bertz CT molecular complexity index is 719. The molecule has 1 fully saturated rings. The minimum absolute atomic E-state index is 0.115. The minimum Gasteiger partial charge on any atom is -0.309 e. The van der Waals surface area contributed by atoms with Crippen LogP contribution in [0.5, 0.6) is 0 Å². The van der Waals surface area contributed by atoms with Crippen LogP contribution >= 0.6 is 0 Å². The monoisotopic (exact) mass is 289 g/mol. The number of nitrogens with one attached hydrogen (secondary N) is 1. The van der Waals surface area contributed by atoms with E-state index in [4.69, 9.17) is 0 Å². The van der Waals surface area contributed by atoms with Gasteiger partial charge in [-0.25, -0.2) is 8.42 Å². The van der Waals surface area contributed by atoms with E-state index in [0.717, 1.165) is 22.9 Å². The molecule has 1 N–H and O–H groups in total. The van der Waals surface area contributed by atoms with E-state index in [1.165, 1.54) is 0 Å². The zero-order valence-corrected chi connectivity index (χ0v) is 12.4. The first-order valence-corrected chi connectivity index (χ1v) is 8.72. The molecule has 2 unspecified atom stereocenters. The molecule has 1 aliphatic rings. The highest BCUT2D eigenvalue weighted by molar-refractivity contribution is 7.92. The van der Waals surface area contributed by atoms with Crippen LogP contribution in [0.3, 0.4) is 0 Å².